The molecule has 0 aliphatic heterocycles. The van der Waals surface area contributed by atoms with Gasteiger partial charge in [-0.2, -0.15) is 0 Å². The van der Waals surface area contributed by atoms with Gasteiger partial charge >= 0.3 is 0 Å². The summed E-state index contributed by atoms with van der Waals surface area (Å²) in [5.74, 6) is 0.492. The number of aliphatic hydroxyl groups is 1. The van der Waals surface area contributed by atoms with E-state index >= 15 is 0 Å². The second kappa shape index (κ2) is 9.32. The third-order valence-corrected chi connectivity index (χ3v) is 6.07. The Balaban J connectivity index is 1.48. The molecule has 2 aliphatic rings. The molecule has 1 aromatic carbocycles. The van der Waals surface area contributed by atoms with Gasteiger partial charge in [0.25, 0.3) is 0 Å². The smallest absolute Gasteiger partial charge is 0.0704 e. The summed E-state index contributed by atoms with van der Waals surface area (Å²) in [7, 11) is 0. The molecule has 0 amide bonds. The zero-order valence-corrected chi connectivity index (χ0v) is 16.2. The molecule has 0 aromatic heterocycles. The molecule has 146 valence electrons. The first-order valence-corrected chi connectivity index (χ1v) is 10.3. The molecule has 1 saturated carbocycles. The molecule has 3 rings (SSSR count). The van der Waals surface area contributed by atoms with Gasteiger partial charge in [-0.3, -0.25) is 0 Å². The number of aryl methyl sites for hydroxylation is 1. The first kappa shape index (κ1) is 19.8. The summed E-state index contributed by atoms with van der Waals surface area (Å²) < 4.78 is 11.6. The summed E-state index contributed by atoms with van der Waals surface area (Å²) in [6.07, 6.45) is 8.71. The minimum atomic E-state index is -0.376. The lowest BCUT2D eigenvalue weighted by atomic mass is 9.85. The third-order valence-electron chi connectivity index (χ3n) is 6.07. The van der Waals surface area contributed by atoms with Crippen molar-refractivity contribution in [1.82, 2.24) is 0 Å². The summed E-state index contributed by atoms with van der Waals surface area (Å²) in [6.45, 7) is 4.52. The largest absolute Gasteiger partial charge is 0.394 e. The van der Waals surface area contributed by atoms with Crippen molar-refractivity contribution in [3.63, 3.8) is 0 Å². The number of ether oxygens (including phenoxy) is 2. The Morgan fingerprint density at radius 2 is 2.08 bits per heavy atom. The molecule has 26 heavy (non-hydrogen) atoms. The van der Waals surface area contributed by atoms with Gasteiger partial charge < -0.3 is 20.3 Å². The van der Waals surface area contributed by atoms with Crippen molar-refractivity contribution < 1.29 is 14.6 Å². The maximum atomic E-state index is 9.49. The van der Waals surface area contributed by atoms with Crippen LogP contribution >= 0.6 is 0 Å². The number of benzene rings is 1. The van der Waals surface area contributed by atoms with Crippen LogP contribution in [-0.2, 0) is 22.3 Å². The number of rotatable bonds is 9. The second-order valence-electron chi connectivity index (χ2n) is 8.19. The second-order valence-corrected chi connectivity index (χ2v) is 8.19. The highest BCUT2D eigenvalue weighted by molar-refractivity contribution is 5.36. The predicted molar refractivity (Wildman–Crippen MR) is 105 cm³/mol. The van der Waals surface area contributed by atoms with E-state index in [-0.39, 0.29) is 12.1 Å². The molecule has 0 bridgehead atoms. The predicted octanol–water partition coefficient (Wildman–Crippen LogP) is 3.33. The Labute approximate surface area is 158 Å². The first-order valence-electron chi connectivity index (χ1n) is 10.3. The Hall–Kier alpha value is -0.940. The molecule has 3 atom stereocenters. The number of fused-ring (bicyclic) bond motifs is 1. The summed E-state index contributed by atoms with van der Waals surface area (Å²) in [6, 6.07) is 6.93. The van der Waals surface area contributed by atoms with E-state index in [4.69, 9.17) is 15.2 Å². The maximum absolute atomic E-state index is 9.49. The van der Waals surface area contributed by atoms with Gasteiger partial charge in [0, 0.05) is 12.1 Å². The average molecular weight is 362 g/mol. The number of hydrogen-bond donors (Lipinski definition) is 2. The van der Waals surface area contributed by atoms with Crippen LogP contribution in [0.4, 0.5) is 0 Å². The van der Waals surface area contributed by atoms with Crippen LogP contribution in [-0.4, -0.2) is 43.2 Å². The quantitative estimate of drug-likeness (QED) is 0.662. The molecular weight excluding hydrogens is 326 g/mol. The molecule has 0 saturated heterocycles. The third kappa shape index (κ3) is 5.07. The highest BCUT2D eigenvalue weighted by atomic mass is 16.5. The van der Waals surface area contributed by atoms with Crippen molar-refractivity contribution in [2.75, 3.05) is 26.4 Å². The molecule has 0 spiro atoms. The molecule has 4 heteroatoms. The minimum Gasteiger partial charge on any atom is -0.394 e. The Bertz CT molecular complexity index is 577. The molecule has 4 nitrogen and oxygen atoms in total. The number of nitrogens with two attached hydrogens (primary N) is 1. The van der Waals surface area contributed by atoms with Crippen LogP contribution in [0.15, 0.2) is 18.2 Å². The minimum absolute atomic E-state index is 0.0929. The number of hydrogen-bond acceptors (Lipinski definition) is 4. The van der Waals surface area contributed by atoms with E-state index in [1.807, 2.05) is 0 Å². The van der Waals surface area contributed by atoms with Gasteiger partial charge in [-0.1, -0.05) is 31.5 Å². The van der Waals surface area contributed by atoms with Crippen LogP contribution in [0.1, 0.15) is 68.1 Å². The van der Waals surface area contributed by atoms with Crippen molar-refractivity contribution >= 4 is 0 Å². The summed E-state index contributed by atoms with van der Waals surface area (Å²) in [5, 5.41) is 9.49. The van der Waals surface area contributed by atoms with Gasteiger partial charge in [-0.25, -0.2) is 0 Å². The highest BCUT2D eigenvalue weighted by Gasteiger charge is 2.36. The number of aliphatic hydroxyl groups excluding tert-OH is 1. The molecular formula is C22H35NO3. The van der Waals surface area contributed by atoms with Crippen LogP contribution < -0.4 is 5.73 Å². The number of unbranched alkanes of at least 4 members (excludes halogenated alkanes) is 1. The summed E-state index contributed by atoms with van der Waals surface area (Å²) in [4.78, 5) is 0. The van der Waals surface area contributed by atoms with Crippen LogP contribution in [0.2, 0.25) is 0 Å². The molecule has 3 N–H and O–H groups in total. The van der Waals surface area contributed by atoms with Crippen LogP contribution in [0.3, 0.4) is 0 Å². The topological polar surface area (TPSA) is 64.7 Å². The van der Waals surface area contributed by atoms with Gasteiger partial charge in [-0.05, 0) is 67.6 Å². The summed E-state index contributed by atoms with van der Waals surface area (Å²) in [5.41, 5.74) is 10.2. The van der Waals surface area contributed by atoms with E-state index in [0.29, 0.717) is 25.2 Å². The standard InChI is InChI=1S/C22H35NO3/c1-2-3-10-25-11-12-26-21-7-6-17-13-18(4-5-19(17)14-21)20-8-9-22(23,15-20)16-24/h4-5,13,20-21,24H,2-3,6-12,14-16,23H2,1H3/t20-,21?,22+/m0/s1. The van der Waals surface area contributed by atoms with Crippen molar-refractivity contribution in [2.24, 2.45) is 5.73 Å². The fourth-order valence-electron chi connectivity index (χ4n) is 4.34. The monoisotopic (exact) mass is 361 g/mol. The fraction of sp³-hybridized carbons (Fsp3) is 0.727. The SMILES string of the molecule is CCCCOCCOC1CCc2cc([C@H]3CC[C@](N)(CO)C3)ccc2C1. The van der Waals surface area contributed by atoms with Crippen LogP contribution in [0, 0.1) is 0 Å². The Kier molecular flexibility index (Phi) is 7.10. The lowest BCUT2D eigenvalue weighted by Crippen LogP contribution is -2.40. The van der Waals surface area contributed by atoms with Gasteiger partial charge in [0.05, 0.1) is 25.9 Å². The maximum Gasteiger partial charge on any atom is 0.0704 e. The van der Waals surface area contributed by atoms with Crippen LogP contribution in [0.25, 0.3) is 0 Å². The van der Waals surface area contributed by atoms with E-state index in [1.165, 1.54) is 23.1 Å². The zero-order chi connectivity index (χ0) is 18.4. The molecule has 1 unspecified atom stereocenters. The highest BCUT2D eigenvalue weighted by Crippen LogP contribution is 2.40. The zero-order valence-electron chi connectivity index (χ0n) is 16.2. The molecule has 2 aliphatic carbocycles. The first-order chi connectivity index (χ1) is 12.6. The fourth-order valence-corrected chi connectivity index (χ4v) is 4.34. The van der Waals surface area contributed by atoms with Gasteiger partial charge in [0.15, 0.2) is 0 Å². The molecule has 0 heterocycles. The van der Waals surface area contributed by atoms with Crippen molar-refractivity contribution in [1.29, 1.82) is 0 Å². The van der Waals surface area contributed by atoms with Gasteiger partial charge in [0.2, 0.25) is 0 Å². The van der Waals surface area contributed by atoms with E-state index in [1.54, 1.807) is 0 Å². The lowest BCUT2D eigenvalue weighted by Gasteiger charge is -2.26. The molecule has 0 radical (unpaired) electrons. The normalized spacial score (nSPS) is 28.3. The Morgan fingerprint density at radius 1 is 1.19 bits per heavy atom. The van der Waals surface area contributed by atoms with Crippen molar-refractivity contribution in [3.8, 4) is 0 Å². The lowest BCUT2D eigenvalue weighted by molar-refractivity contribution is -0.000913. The Morgan fingerprint density at radius 3 is 2.85 bits per heavy atom. The van der Waals surface area contributed by atoms with Gasteiger partial charge in [0.1, 0.15) is 0 Å². The van der Waals surface area contributed by atoms with Crippen molar-refractivity contribution in [2.45, 2.75) is 75.9 Å². The molecule has 1 fully saturated rings. The average Bonchev–Trinajstić information content (AvgIpc) is 3.07. The van der Waals surface area contributed by atoms with Gasteiger partial charge in [-0.15, -0.1) is 0 Å². The van der Waals surface area contributed by atoms with E-state index < -0.39 is 0 Å². The molecule has 1 aromatic rings. The van der Waals surface area contributed by atoms with E-state index in [9.17, 15) is 5.11 Å². The van der Waals surface area contributed by atoms with Crippen LogP contribution in [0.5, 0.6) is 0 Å². The van der Waals surface area contributed by atoms with E-state index in [0.717, 1.165) is 51.6 Å². The van der Waals surface area contributed by atoms with Crippen molar-refractivity contribution in [3.05, 3.63) is 34.9 Å². The summed E-state index contributed by atoms with van der Waals surface area (Å²) >= 11 is 0. The van der Waals surface area contributed by atoms with E-state index in [2.05, 4.69) is 25.1 Å².